The topological polar surface area (TPSA) is 93.1 Å². The van der Waals surface area contributed by atoms with Crippen LogP contribution in [0.25, 0.3) is 21.8 Å². The molecule has 2 aromatic carbocycles. The zero-order valence-electron chi connectivity index (χ0n) is 19.1. The van der Waals surface area contributed by atoms with Crippen LogP contribution in [-0.4, -0.2) is 45.4 Å². The lowest BCUT2D eigenvalue weighted by atomic mass is 9.96. The molecule has 0 saturated carbocycles. The first kappa shape index (κ1) is 21.2. The number of aryl methyl sites for hydroxylation is 2. The number of imidazole rings is 1. The summed E-state index contributed by atoms with van der Waals surface area (Å²) in [5.74, 6) is 0.511. The maximum Gasteiger partial charge on any atom is 0.338 e. The molecule has 5 rings (SSSR count). The number of H-pyrrole nitrogens is 1. The van der Waals surface area contributed by atoms with E-state index in [1.165, 1.54) is 0 Å². The number of aromatic nitrogens is 4. The monoisotopic (exact) mass is 445 g/mol. The van der Waals surface area contributed by atoms with Crippen molar-refractivity contribution in [3.8, 4) is 0 Å². The molecule has 0 amide bonds. The van der Waals surface area contributed by atoms with Crippen LogP contribution >= 0.6 is 0 Å². The Hall–Kier alpha value is -3.68. The molecule has 2 aromatic heterocycles. The number of hydrogen-bond acceptors (Lipinski definition) is 6. The van der Waals surface area contributed by atoms with Crippen LogP contribution in [0.3, 0.4) is 0 Å². The van der Waals surface area contributed by atoms with Gasteiger partial charge in [0, 0.05) is 29.9 Å². The van der Waals surface area contributed by atoms with E-state index in [1.807, 2.05) is 48.7 Å². The van der Waals surface area contributed by atoms with Gasteiger partial charge >= 0.3 is 11.7 Å². The number of benzene rings is 2. The predicted molar refractivity (Wildman–Crippen MR) is 128 cm³/mol. The van der Waals surface area contributed by atoms with Gasteiger partial charge in [0.05, 0.1) is 29.4 Å². The molecule has 0 bridgehead atoms. The Bertz CT molecular complexity index is 1410. The number of carbonyl (C=O) groups excluding carboxylic acids is 1. The highest BCUT2D eigenvalue weighted by Gasteiger charge is 2.26. The van der Waals surface area contributed by atoms with E-state index in [2.05, 4.69) is 20.1 Å². The van der Waals surface area contributed by atoms with E-state index in [0.717, 1.165) is 64.7 Å². The van der Waals surface area contributed by atoms with Gasteiger partial charge < -0.3 is 14.6 Å². The summed E-state index contributed by atoms with van der Waals surface area (Å²) in [7, 11) is 0. The molecule has 4 aromatic rings. The zero-order chi connectivity index (χ0) is 23.1. The number of aromatic amines is 1. The number of hydrogen-bond donors (Lipinski definition) is 1. The largest absolute Gasteiger partial charge is 0.462 e. The molecule has 0 spiro atoms. The highest BCUT2D eigenvalue weighted by atomic mass is 16.5. The molecule has 1 aliphatic heterocycles. The van der Waals surface area contributed by atoms with Gasteiger partial charge in [0.2, 0.25) is 0 Å². The van der Waals surface area contributed by atoms with E-state index in [-0.39, 0.29) is 17.7 Å². The average molecular weight is 446 g/mol. The number of ether oxygens (including phenoxy) is 1. The van der Waals surface area contributed by atoms with Crippen molar-refractivity contribution < 1.29 is 9.53 Å². The van der Waals surface area contributed by atoms with Gasteiger partial charge in [-0.3, -0.25) is 4.57 Å². The van der Waals surface area contributed by atoms with Gasteiger partial charge in [0.25, 0.3) is 0 Å². The lowest BCUT2D eigenvalue weighted by Crippen LogP contribution is -2.37. The number of esters is 1. The Balaban J connectivity index is 1.46. The maximum absolute atomic E-state index is 12.6. The highest BCUT2D eigenvalue weighted by molar-refractivity contribution is 6.03. The molecule has 0 radical (unpaired) electrons. The van der Waals surface area contributed by atoms with Crippen LogP contribution < -0.4 is 10.6 Å². The molecule has 3 heterocycles. The van der Waals surface area contributed by atoms with Gasteiger partial charge in [0.1, 0.15) is 0 Å². The van der Waals surface area contributed by atoms with E-state index in [9.17, 15) is 9.59 Å². The van der Waals surface area contributed by atoms with Gasteiger partial charge in [-0.05, 0) is 62.9 Å². The van der Waals surface area contributed by atoms with Gasteiger partial charge in [-0.15, -0.1) is 5.10 Å². The third kappa shape index (κ3) is 3.55. The van der Waals surface area contributed by atoms with Crippen LogP contribution in [0.2, 0.25) is 0 Å². The van der Waals surface area contributed by atoms with Crippen molar-refractivity contribution in [1.29, 1.82) is 0 Å². The smallest absolute Gasteiger partial charge is 0.338 e. The van der Waals surface area contributed by atoms with Crippen molar-refractivity contribution in [2.45, 2.75) is 39.7 Å². The first-order valence-corrected chi connectivity index (χ1v) is 11.4. The van der Waals surface area contributed by atoms with Gasteiger partial charge in [0.15, 0.2) is 5.82 Å². The van der Waals surface area contributed by atoms with Gasteiger partial charge in [-0.1, -0.05) is 12.1 Å². The van der Waals surface area contributed by atoms with Crippen molar-refractivity contribution in [2.24, 2.45) is 0 Å². The lowest BCUT2D eigenvalue weighted by Gasteiger charge is -2.33. The summed E-state index contributed by atoms with van der Waals surface area (Å²) in [5.41, 5.74) is 4.09. The fraction of sp³-hybridized carbons (Fsp3) is 0.360. The van der Waals surface area contributed by atoms with Crippen LogP contribution in [0.4, 0.5) is 5.82 Å². The summed E-state index contributed by atoms with van der Waals surface area (Å²) >= 11 is 0. The van der Waals surface area contributed by atoms with Crippen LogP contribution in [0.5, 0.6) is 0 Å². The van der Waals surface area contributed by atoms with E-state index < -0.39 is 0 Å². The zero-order valence-corrected chi connectivity index (χ0v) is 19.1. The first-order chi connectivity index (χ1) is 16.0. The van der Waals surface area contributed by atoms with E-state index in [0.29, 0.717) is 12.2 Å². The summed E-state index contributed by atoms with van der Waals surface area (Å²) in [5, 5.41) is 10.6. The number of fused-ring (bicyclic) bond motifs is 2. The summed E-state index contributed by atoms with van der Waals surface area (Å²) in [6, 6.07) is 9.96. The van der Waals surface area contributed by atoms with Crippen molar-refractivity contribution in [2.75, 3.05) is 24.6 Å². The van der Waals surface area contributed by atoms with Gasteiger partial charge in [-0.25, -0.2) is 9.59 Å². The maximum atomic E-state index is 12.6. The fourth-order valence-electron chi connectivity index (χ4n) is 5.07. The summed E-state index contributed by atoms with van der Waals surface area (Å²) in [6.45, 7) is 7.54. The lowest BCUT2D eigenvalue weighted by molar-refractivity contribution is 0.0525. The molecule has 0 unspecified atom stereocenters. The molecule has 8 heteroatoms. The third-order valence-electron chi connectivity index (χ3n) is 6.64. The Morgan fingerprint density at radius 3 is 2.70 bits per heavy atom. The minimum absolute atomic E-state index is 0.0580. The van der Waals surface area contributed by atoms with Crippen LogP contribution in [0.15, 0.2) is 41.3 Å². The number of piperidine rings is 1. The summed E-state index contributed by atoms with van der Waals surface area (Å²) < 4.78 is 7.15. The molecule has 8 nitrogen and oxygen atoms in total. The number of carbonyl (C=O) groups is 1. The molecule has 1 saturated heterocycles. The number of nitrogens with one attached hydrogen (secondary N) is 1. The number of nitrogens with zero attached hydrogens (tertiary/aromatic N) is 4. The molecule has 1 aliphatic rings. The Morgan fingerprint density at radius 1 is 1.18 bits per heavy atom. The fourth-order valence-corrected chi connectivity index (χ4v) is 5.07. The minimum atomic E-state index is -0.308. The van der Waals surface area contributed by atoms with E-state index in [1.54, 1.807) is 13.1 Å². The second kappa shape index (κ2) is 8.35. The van der Waals surface area contributed by atoms with Crippen LogP contribution in [0, 0.1) is 13.8 Å². The Morgan fingerprint density at radius 2 is 1.94 bits per heavy atom. The average Bonchev–Trinajstić information content (AvgIpc) is 3.15. The molecule has 33 heavy (non-hydrogen) atoms. The predicted octanol–water partition coefficient (Wildman–Crippen LogP) is 3.91. The Kier molecular flexibility index (Phi) is 5.36. The van der Waals surface area contributed by atoms with E-state index in [4.69, 9.17) is 4.74 Å². The quantitative estimate of drug-likeness (QED) is 0.479. The summed E-state index contributed by atoms with van der Waals surface area (Å²) in [4.78, 5) is 30.3. The third-order valence-corrected chi connectivity index (χ3v) is 6.64. The molecular formula is C25H27N5O3. The minimum Gasteiger partial charge on any atom is -0.462 e. The van der Waals surface area contributed by atoms with Crippen molar-refractivity contribution in [3.63, 3.8) is 0 Å². The number of rotatable bonds is 4. The van der Waals surface area contributed by atoms with Crippen molar-refractivity contribution >= 4 is 33.6 Å². The normalized spacial score (nSPS) is 14.8. The van der Waals surface area contributed by atoms with Gasteiger partial charge in [-0.2, -0.15) is 5.10 Å². The second-order valence-electron chi connectivity index (χ2n) is 8.58. The molecular weight excluding hydrogens is 418 g/mol. The van der Waals surface area contributed by atoms with Crippen LogP contribution in [-0.2, 0) is 4.74 Å². The molecule has 170 valence electrons. The molecule has 1 N–H and O–H groups in total. The van der Waals surface area contributed by atoms with Crippen molar-refractivity contribution in [3.05, 3.63) is 63.7 Å². The molecule has 1 fully saturated rings. The number of para-hydroxylation sites is 2. The second-order valence-corrected chi connectivity index (χ2v) is 8.58. The first-order valence-electron chi connectivity index (χ1n) is 11.4. The number of anilines is 1. The standard InChI is InChI=1S/C25H27N5O3/c1-4-33-24(31)22-15(2)13-18-19(16(22)3)14-26-28-23(18)29-11-9-17(10-12-29)30-21-8-6-5-7-20(21)27-25(30)32/h5-8,13-14,17H,4,9-12H2,1-3H3,(H,27,32). The van der Waals surface area contributed by atoms with Crippen LogP contribution in [0.1, 0.15) is 47.3 Å². The molecule has 0 aliphatic carbocycles. The van der Waals surface area contributed by atoms with Crippen molar-refractivity contribution in [1.82, 2.24) is 19.7 Å². The molecule has 0 atom stereocenters. The Labute approximate surface area is 191 Å². The summed E-state index contributed by atoms with van der Waals surface area (Å²) in [6.07, 6.45) is 3.38. The van der Waals surface area contributed by atoms with E-state index >= 15 is 0 Å². The highest BCUT2D eigenvalue weighted by Crippen LogP contribution is 2.33. The SMILES string of the molecule is CCOC(=O)c1c(C)cc2c(N3CCC(n4c(=O)[nH]c5ccccc54)CC3)nncc2c1C.